The lowest BCUT2D eigenvalue weighted by atomic mass is 9.78. The predicted octanol–water partition coefficient (Wildman–Crippen LogP) is 3.56. The molecule has 0 radical (unpaired) electrons. The Morgan fingerprint density at radius 2 is 1.94 bits per heavy atom. The lowest BCUT2D eigenvalue weighted by molar-refractivity contribution is 0.186. The van der Waals surface area contributed by atoms with Gasteiger partial charge in [0, 0.05) is 11.7 Å². The lowest BCUT2D eigenvalue weighted by Gasteiger charge is -2.36. The molecule has 1 heterocycles. The molecule has 0 spiro atoms. The molecular weight excluding hydrogens is 222 g/mol. The van der Waals surface area contributed by atoms with Gasteiger partial charge < -0.3 is 10.3 Å². The molecule has 2 rings (SSSR count). The molecule has 3 unspecified atom stereocenters. The molecule has 1 aromatic heterocycles. The molecule has 0 amide bonds. The van der Waals surface area contributed by atoms with Crippen LogP contribution in [-0.2, 0) is 0 Å². The quantitative estimate of drug-likeness (QED) is 0.822. The maximum atomic E-state index is 9.21. The van der Waals surface area contributed by atoms with Crippen molar-refractivity contribution in [3.8, 4) is 6.07 Å². The molecule has 18 heavy (non-hydrogen) atoms. The van der Waals surface area contributed by atoms with Crippen LogP contribution >= 0.6 is 0 Å². The molecule has 1 aromatic rings. The third kappa shape index (κ3) is 1.80. The van der Waals surface area contributed by atoms with Crippen LogP contribution in [-0.4, -0.2) is 4.57 Å². The summed E-state index contributed by atoms with van der Waals surface area (Å²) >= 11 is 0. The number of nitrogen functional groups attached to an aromatic ring is 1. The van der Waals surface area contributed by atoms with Crippen LogP contribution in [0.5, 0.6) is 0 Å². The van der Waals surface area contributed by atoms with Crippen LogP contribution in [0, 0.1) is 37.0 Å². The minimum Gasteiger partial charge on any atom is -0.384 e. The van der Waals surface area contributed by atoms with E-state index in [0.717, 1.165) is 17.2 Å². The fraction of sp³-hybridized carbons (Fsp3) is 0.667. The topological polar surface area (TPSA) is 54.7 Å². The normalized spacial score (nSPS) is 28.1. The van der Waals surface area contributed by atoms with Crippen molar-refractivity contribution in [2.24, 2.45) is 11.8 Å². The van der Waals surface area contributed by atoms with Gasteiger partial charge in [-0.05, 0) is 37.7 Å². The first kappa shape index (κ1) is 13.0. The third-order valence-electron chi connectivity index (χ3n) is 4.90. The monoisotopic (exact) mass is 245 g/mol. The Kier molecular flexibility index (Phi) is 3.38. The van der Waals surface area contributed by atoms with Crippen molar-refractivity contribution in [3.05, 3.63) is 16.8 Å². The van der Waals surface area contributed by atoms with Crippen LogP contribution in [0.3, 0.4) is 0 Å². The van der Waals surface area contributed by atoms with Crippen LogP contribution < -0.4 is 5.73 Å². The minimum atomic E-state index is 0.453. The average molecular weight is 245 g/mol. The minimum absolute atomic E-state index is 0.453. The standard InChI is InChI=1S/C15H23N3/c1-9-6-5-7-14(10(9)2)18-12(4)11(3)13(8-16)15(18)17/h9-10,14H,5-7,17H2,1-4H3. The molecule has 1 aliphatic carbocycles. The van der Waals surface area contributed by atoms with Gasteiger partial charge in [0.2, 0.25) is 0 Å². The Morgan fingerprint density at radius 3 is 2.50 bits per heavy atom. The molecule has 0 saturated heterocycles. The van der Waals surface area contributed by atoms with E-state index in [-0.39, 0.29) is 0 Å². The number of hydrogen-bond donors (Lipinski definition) is 1. The van der Waals surface area contributed by atoms with E-state index in [1.54, 1.807) is 0 Å². The Bertz CT molecular complexity index is 493. The fourth-order valence-corrected chi connectivity index (χ4v) is 3.34. The van der Waals surface area contributed by atoms with Gasteiger partial charge in [0.1, 0.15) is 11.9 Å². The number of rotatable bonds is 1. The maximum Gasteiger partial charge on any atom is 0.122 e. The van der Waals surface area contributed by atoms with E-state index >= 15 is 0 Å². The second kappa shape index (κ2) is 4.68. The first-order chi connectivity index (χ1) is 8.49. The summed E-state index contributed by atoms with van der Waals surface area (Å²) in [5, 5.41) is 9.21. The van der Waals surface area contributed by atoms with Crippen LogP contribution in [0.25, 0.3) is 0 Å². The number of aromatic nitrogens is 1. The number of nitrogens with two attached hydrogens (primary N) is 1. The Hall–Kier alpha value is -1.43. The van der Waals surface area contributed by atoms with Crippen molar-refractivity contribution >= 4 is 5.82 Å². The van der Waals surface area contributed by atoms with E-state index in [9.17, 15) is 5.26 Å². The van der Waals surface area contributed by atoms with Crippen molar-refractivity contribution < 1.29 is 0 Å². The van der Waals surface area contributed by atoms with Gasteiger partial charge in [-0.2, -0.15) is 5.26 Å². The Morgan fingerprint density at radius 1 is 1.28 bits per heavy atom. The SMILES string of the molecule is Cc1c(C#N)c(N)n(C2CCCC(C)C2C)c1C. The van der Waals surface area contributed by atoms with Gasteiger partial charge in [-0.3, -0.25) is 0 Å². The zero-order valence-electron chi connectivity index (χ0n) is 11.8. The van der Waals surface area contributed by atoms with Gasteiger partial charge in [-0.1, -0.05) is 26.7 Å². The number of hydrogen-bond acceptors (Lipinski definition) is 2. The Labute approximate surface area is 110 Å². The predicted molar refractivity (Wildman–Crippen MR) is 74.2 cm³/mol. The molecule has 1 aliphatic rings. The second-order valence-corrected chi connectivity index (χ2v) is 5.79. The van der Waals surface area contributed by atoms with E-state index in [4.69, 9.17) is 5.73 Å². The van der Waals surface area contributed by atoms with Crippen LogP contribution in [0.4, 0.5) is 5.82 Å². The summed E-state index contributed by atoms with van der Waals surface area (Å²) in [4.78, 5) is 0. The fourth-order valence-electron chi connectivity index (χ4n) is 3.34. The smallest absolute Gasteiger partial charge is 0.122 e. The molecule has 0 aromatic carbocycles. The van der Waals surface area contributed by atoms with Gasteiger partial charge in [-0.15, -0.1) is 0 Å². The second-order valence-electron chi connectivity index (χ2n) is 5.79. The van der Waals surface area contributed by atoms with E-state index < -0.39 is 0 Å². The molecule has 3 atom stereocenters. The van der Waals surface area contributed by atoms with Gasteiger partial charge in [0.25, 0.3) is 0 Å². The first-order valence-electron chi connectivity index (χ1n) is 6.86. The van der Waals surface area contributed by atoms with E-state index in [2.05, 4.69) is 31.4 Å². The van der Waals surface area contributed by atoms with Crippen LogP contribution in [0.1, 0.15) is 56.0 Å². The summed E-state index contributed by atoms with van der Waals surface area (Å²) in [6.45, 7) is 8.72. The highest BCUT2D eigenvalue weighted by atomic mass is 15.1. The van der Waals surface area contributed by atoms with Crippen molar-refractivity contribution in [1.29, 1.82) is 5.26 Å². The van der Waals surface area contributed by atoms with Crippen molar-refractivity contribution in [3.63, 3.8) is 0 Å². The van der Waals surface area contributed by atoms with E-state index in [1.165, 1.54) is 19.3 Å². The molecule has 1 fully saturated rings. The van der Waals surface area contributed by atoms with E-state index in [0.29, 0.717) is 23.3 Å². The summed E-state index contributed by atoms with van der Waals surface area (Å²) < 4.78 is 2.22. The van der Waals surface area contributed by atoms with Crippen molar-refractivity contribution in [2.45, 2.75) is 53.0 Å². The maximum absolute atomic E-state index is 9.21. The van der Waals surface area contributed by atoms with Crippen LogP contribution in [0.2, 0.25) is 0 Å². The zero-order valence-corrected chi connectivity index (χ0v) is 11.8. The highest BCUT2D eigenvalue weighted by Crippen LogP contribution is 2.41. The summed E-state index contributed by atoms with van der Waals surface area (Å²) in [6, 6.07) is 2.70. The third-order valence-corrected chi connectivity index (χ3v) is 4.90. The molecule has 1 saturated carbocycles. The summed E-state index contributed by atoms with van der Waals surface area (Å²) in [6.07, 6.45) is 3.74. The molecule has 3 nitrogen and oxygen atoms in total. The molecule has 3 heteroatoms. The number of nitriles is 1. The van der Waals surface area contributed by atoms with Gasteiger partial charge in [0.05, 0.1) is 5.56 Å². The van der Waals surface area contributed by atoms with Crippen molar-refractivity contribution in [1.82, 2.24) is 4.57 Å². The molecule has 0 bridgehead atoms. The van der Waals surface area contributed by atoms with Gasteiger partial charge in [0.15, 0.2) is 0 Å². The highest BCUT2D eigenvalue weighted by Gasteiger charge is 2.31. The molecular formula is C15H23N3. The Balaban J connectivity index is 2.48. The summed E-state index contributed by atoms with van der Waals surface area (Å²) in [7, 11) is 0. The molecule has 98 valence electrons. The largest absolute Gasteiger partial charge is 0.384 e. The van der Waals surface area contributed by atoms with E-state index in [1.807, 2.05) is 6.92 Å². The van der Waals surface area contributed by atoms with Gasteiger partial charge in [-0.25, -0.2) is 0 Å². The molecule has 0 aliphatic heterocycles. The highest BCUT2D eigenvalue weighted by molar-refractivity contribution is 5.58. The summed E-state index contributed by atoms with van der Waals surface area (Å²) in [5.74, 6) is 2.02. The number of anilines is 1. The van der Waals surface area contributed by atoms with Gasteiger partial charge >= 0.3 is 0 Å². The number of nitrogens with zero attached hydrogens (tertiary/aromatic N) is 2. The zero-order chi connectivity index (χ0) is 13.4. The van der Waals surface area contributed by atoms with Crippen LogP contribution in [0.15, 0.2) is 0 Å². The summed E-state index contributed by atoms with van der Waals surface area (Å²) in [5.41, 5.74) is 9.06. The lowest BCUT2D eigenvalue weighted by Crippen LogP contribution is -2.28. The molecule has 2 N–H and O–H groups in total. The first-order valence-corrected chi connectivity index (χ1v) is 6.86. The van der Waals surface area contributed by atoms with Crippen molar-refractivity contribution in [2.75, 3.05) is 5.73 Å². The average Bonchev–Trinajstić information content (AvgIpc) is 2.55.